The van der Waals surface area contributed by atoms with Gasteiger partial charge in [-0.05, 0) is 5.56 Å². The Morgan fingerprint density at radius 3 is 2.67 bits per heavy atom. The van der Waals surface area contributed by atoms with Gasteiger partial charge in [0.15, 0.2) is 5.78 Å². The van der Waals surface area contributed by atoms with Gasteiger partial charge < -0.3 is 4.57 Å². The average Bonchev–Trinajstić information content (AvgIpc) is 2.68. The predicted octanol–water partition coefficient (Wildman–Crippen LogP) is 2.13. The molecule has 76 valence electrons. The SMILES string of the molecule is CC(=O)c1cn(Cc2ccccc2)cn1. The monoisotopic (exact) mass is 200 g/mol. The summed E-state index contributed by atoms with van der Waals surface area (Å²) in [5, 5.41) is 0. The number of nitrogens with zero attached hydrogens (tertiary/aromatic N) is 2. The molecule has 3 heteroatoms. The number of carbonyl (C=O) groups is 1. The number of Topliss-reactive ketones (excluding diaryl/α,β-unsaturated/α-hetero) is 1. The molecule has 1 aromatic heterocycles. The topological polar surface area (TPSA) is 34.9 Å². The van der Waals surface area contributed by atoms with Gasteiger partial charge in [0.25, 0.3) is 0 Å². The van der Waals surface area contributed by atoms with Crippen LogP contribution in [0.25, 0.3) is 0 Å². The van der Waals surface area contributed by atoms with Gasteiger partial charge in [-0.1, -0.05) is 30.3 Å². The van der Waals surface area contributed by atoms with E-state index in [-0.39, 0.29) is 5.78 Å². The summed E-state index contributed by atoms with van der Waals surface area (Å²) in [6.45, 7) is 2.27. The van der Waals surface area contributed by atoms with E-state index in [9.17, 15) is 4.79 Å². The van der Waals surface area contributed by atoms with Gasteiger partial charge in [-0.2, -0.15) is 0 Å². The molecular formula is C12H12N2O. The highest BCUT2D eigenvalue weighted by atomic mass is 16.1. The number of hydrogen-bond donors (Lipinski definition) is 0. The fourth-order valence-electron chi connectivity index (χ4n) is 1.42. The van der Waals surface area contributed by atoms with Crippen molar-refractivity contribution in [3.05, 3.63) is 54.1 Å². The first kappa shape index (κ1) is 9.65. The molecule has 0 spiro atoms. The summed E-state index contributed by atoms with van der Waals surface area (Å²) >= 11 is 0. The summed E-state index contributed by atoms with van der Waals surface area (Å²) in [6.07, 6.45) is 3.46. The molecule has 3 nitrogen and oxygen atoms in total. The van der Waals surface area contributed by atoms with E-state index >= 15 is 0 Å². The maximum atomic E-state index is 11.0. The smallest absolute Gasteiger partial charge is 0.179 e. The molecule has 15 heavy (non-hydrogen) atoms. The lowest BCUT2D eigenvalue weighted by atomic mass is 10.2. The van der Waals surface area contributed by atoms with Crippen molar-refractivity contribution in [2.75, 3.05) is 0 Å². The molecule has 0 atom stereocenters. The molecule has 0 bridgehead atoms. The van der Waals surface area contributed by atoms with Crippen LogP contribution >= 0.6 is 0 Å². The van der Waals surface area contributed by atoms with E-state index in [1.165, 1.54) is 12.5 Å². The molecule has 0 saturated heterocycles. The molecule has 0 aliphatic carbocycles. The molecule has 0 fully saturated rings. The third kappa shape index (κ3) is 2.31. The Labute approximate surface area is 88.4 Å². The van der Waals surface area contributed by atoms with Crippen molar-refractivity contribution < 1.29 is 4.79 Å². The van der Waals surface area contributed by atoms with Crippen LogP contribution in [0.3, 0.4) is 0 Å². The molecular weight excluding hydrogens is 188 g/mol. The molecule has 0 amide bonds. The second-order valence-corrected chi connectivity index (χ2v) is 3.47. The molecule has 1 heterocycles. The standard InChI is InChI=1S/C12H12N2O/c1-10(15)12-8-14(9-13-12)7-11-5-3-2-4-6-11/h2-6,8-9H,7H2,1H3. The van der Waals surface area contributed by atoms with Crippen LogP contribution in [0.15, 0.2) is 42.9 Å². The Kier molecular flexibility index (Phi) is 2.63. The summed E-state index contributed by atoms with van der Waals surface area (Å²) < 4.78 is 1.91. The molecule has 2 rings (SSSR count). The Balaban J connectivity index is 2.15. The lowest BCUT2D eigenvalue weighted by Crippen LogP contribution is -1.96. The van der Waals surface area contributed by atoms with Crippen molar-refractivity contribution in [3.63, 3.8) is 0 Å². The number of hydrogen-bond acceptors (Lipinski definition) is 2. The first-order valence-electron chi connectivity index (χ1n) is 4.82. The maximum Gasteiger partial charge on any atom is 0.179 e. The maximum absolute atomic E-state index is 11.0. The molecule has 2 aromatic rings. The summed E-state index contributed by atoms with van der Waals surface area (Å²) in [6, 6.07) is 10.1. The number of aromatic nitrogens is 2. The molecule has 0 aliphatic heterocycles. The largest absolute Gasteiger partial charge is 0.332 e. The van der Waals surface area contributed by atoms with Gasteiger partial charge in [0, 0.05) is 19.7 Å². The first-order chi connectivity index (χ1) is 7.25. The fourth-order valence-corrected chi connectivity index (χ4v) is 1.42. The molecule has 0 saturated carbocycles. The van der Waals surface area contributed by atoms with Gasteiger partial charge in [-0.25, -0.2) is 4.98 Å². The quantitative estimate of drug-likeness (QED) is 0.711. The molecule has 0 radical (unpaired) electrons. The van der Waals surface area contributed by atoms with Crippen molar-refractivity contribution >= 4 is 5.78 Å². The highest BCUT2D eigenvalue weighted by molar-refractivity contribution is 5.91. The lowest BCUT2D eigenvalue weighted by Gasteiger charge is -2.00. The van der Waals surface area contributed by atoms with Crippen molar-refractivity contribution in [1.82, 2.24) is 9.55 Å². The number of imidazole rings is 1. The van der Waals surface area contributed by atoms with Crippen LogP contribution in [0, 0.1) is 0 Å². The minimum atomic E-state index is 0.00168. The average molecular weight is 200 g/mol. The van der Waals surface area contributed by atoms with Gasteiger partial charge in [-0.3, -0.25) is 4.79 Å². The Morgan fingerprint density at radius 1 is 1.33 bits per heavy atom. The van der Waals surface area contributed by atoms with Crippen molar-refractivity contribution in [1.29, 1.82) is 0 Å². The second-order valence-electron chi connectivity index (χ2n) is 3.47. The van der Waals surface area contributed by atoms with Crippen LogP contribution < -0.4 is 0 Å². The zero-order valence-corrected chi connectivity index (χ0v) is 8.55. The normalized spacial score (nSPS) is 10.2. The van der Waals surface area contributed by atoms with Crippen LogP contribution in [0.1, 0.15) is 23.0 Å². The van der Waals surface area contributed by atoms with Gasteiger partial charge in [-0.15, -0.1) is 0 Å². The van der Waals surface area contributed by atoms with Crippen molar-refractivity contribution in [2.24, 2.45) is 0 Å². The minimum Gasteiger partial charge on any atom is -0.332 e. The van der Waals surface area contributed by atoms with Crippen LogP contribution in [-0.2, 0) is 6.54 Å². The van der Waals surface area contributed by atoms with Crippen LogP contribution in [-0.4, -0.2) is 15.3 Å². The number of carbonyl (C=O) groups excluding carboxylic acids is 1. The van der Waals surface area contributed by atoms with Gasteiger partial charge in [0.1, 0.15) is 5.69 Å². The molecule has 0 aliphatic rings. The Bertz CT molecular complexity index is 459. The highest BCUT2D eigenvalue weighted by Crippen LogP contribution is 2.04. The van der Waals surface area contributed by atoms with E-state index < -0.39 is 0 Å². The second kappa shape index (κ2) is 4.09. The van der Waals surface area contributed by atoms with E-state index in [0.717, 1.165) is 6.54 Å². The van der Waals surface area contributed by atoms with E-state index in [1.807, 2.05) is 34.9 Å². The van der Waals surface area contributed by atoms with E-state index in [1.54, 1.807) is 12.5 Å². The molecule has 1 aromatic carbocycles. The van der Waals surface area contributed by atoms with Gasteiger partial charge >= 0.3 is 0 Å². The van der Waals surface area contributed by atoms with Gasteiger partial charge in [0.05, 0.1) is 6.33 Å². The lowest BCUT2D eigenvalue weighted by molar-refractivity contribution is 0.101. The Hall–Kier alpha value is -1.90. The zero-order valence-electron chi connectivity index (χ0n) is 8.55. The summed E-state index contributed by atoms with van der Waals surface area (Å²) in [5.41, 5.74) is 1.72. The highest BCUT2D eigenvalue weighted by Gasteiger charge is 2.03. The van der Waals surface area contributed by atoms with Gasteiger partial charge in [0.2, 0.25) is 0 Å². The summed E-state index contributed by atoms with van der Waals surface area (Å²) in [4.78, 5) is 15.1. The third-order valence-corrected chi connectivity index (χ3v) is 2.20. The van der Waals surface area contributed by atoms with Crippen LogP contribution in [0.2, 0.25) is 0 Å². The summed E-state index contributed by atoms with van der Waals surface area (Å²) in [5.74, 6) is 0.00168. The number of rotatable bonds is 3. The fraction of sp³-hybridized carbons (Fsp3) is 0.167. The first-order valence-corrected chi connectivity index (χ1v) is 4.82. The Morgan fingerprint density at radius 2 is 2.07 bits per heavy atom. The summed E-state index contributed by atoms with van der Waals surface area (Å²) in [7, 11) is 0. The zero-order chi connectivity index (χ0) is 10.7. The number of benzene rings is 1. The van der Waals surface area contributed by atoms with Crippen LogP contribution in [0.5, 0.6) is 0 Å². The van der Waals surface area contributed by atoms with Crippen molar-refractivity contribution in [2.45, 2.75) is 13.5 Å². The minimum absolute atomic E-state index is 0.00168. The molecule has 0 unspecified atom stereocenters. The van der Waals surface area contributed by atoms with E-state index in [2.05, 4.69) is 4.98 Å². The van der Waals surface area contributed by atoms with E-state index in [4.69, 9.17) is 0 Å². The van der Waals surface area contributed by atoms with E-state index in [0.29, 0.717) is 5.69 Å². The third-order valence-electron chi connectivity index (χ3n) is 2.20. The van der Waals surface area contributed by atoms with Crippen molar-refractivity contribution in [3.8, 4) is 0 Å². The molecule has 0 N–H and O–H groups in total. The predicted molar refractivity (Wildman–Crippen MR) is 57.8 cm³/mol. The number of ketones is 1. The van der Waals surface area contributed by atoms with Crippen LogP contribution in [0.4, 0.5) is 0 Å².